The summed E-state index contributed by atoms with van der Waals surface area (Å²) >= 11 is 0. The highest BCUT2D eigenvalue weighted by Crippen LogP contribution is 2.33. The smallest absolute Gasteiger partial charge is 0.228 e. The van der Waals surface area contributed by atoms with Gasteiger partial charge in [0.25, 0.3) is 0 Å². The van der Waals surface area contributed by atoms with Crippen molar-refractivity contribution in [2.45, 2.75) is 25.2 Å². The molecule has 0 radical (unpaired) electrons. The Labute approximate surface area is 125 Å². The lowest BCUT2D eigenvalue weighted by molar-refractivity contribution is -0.134. The number of hydrogen-bond donors (Lipinski definition) is 0. The van der Waals surface area contributed by atoms with E-state index >= 15 is 0 Å². The largest absolute Gasteiger partial charge is 0.493 e. The maximum Gasteiger partial charge on any atom is 0.228 e. The highest BCUT2D eigenvalue weighted by atomic mass is 16.5. The maximum absolute atomic E-state index is 12.4. The molecule has 4 heteroatoms. The number of rotatable bonds is 2. The van der Waals surface area contributed by atoms with Crippen LogP contribution in [0.15, 0.2) is 18.2 Å². The number of hydrogen-bond acceptors (Lipinski definition) is 3. The molecule has 0 saturated carbocycles. The Kier molecular flexibility index (Phi) is 3.34. The molecule has 1 aromatic carbocycles. The van der Waals surface area contributed by atoms with Gasteiger partial charge in [0.1, 0.15) is 5.75 Å². The van der Waals surface area contributed by atoms with E-state index in [1.807, 2.05) is 4.90 Å². The lowest BCUT2D eigenvalue weighted by atomic mass is 9.96. The Morgan fingerprint density at radius 1 is 1.24 bits per heavy atom. The average molecular weight is 287 g/mol. The molecule has 0 N–H and O–H groups in total. The Bertz CT molecular complexity index is 551. The van der Waals surface area contributed by atoms with Crippen molar-refractivity contribution in [1.29, 1.82) is 0 Å². The fourth-order valence-corrected chi connectivity index (χ4v) is 3.68. The number of carbonyl (C=O) groups excluding carboxylic acids is 1. The van der Waals surface area contributed by atoms with Crippen LogP contribution in [0, 0.1) is 5.92 Å². The van der Waals surface area contributed by atoms with E-state index in [4.69, 9.17) is 9.47 Å². The lowest BCUT2D eigenvalue weighted by Gasteiger charge is -2.20. The Hall–Kier alpha value is -1.55. The van der Waals surface area contributed by atoms with Crippen LogP contribution in [-0.4, -0.2) is 43.7 Å². The molecule has 112 valence electrons. The molecule has 4 rings (SSSR count). The van der Waals surface area contributed by atoms with Crippen molar-refractivity contribution in [3.63, 3.8) is 0 Å². The summed E-state index contributed by atoms with van der Waals surface area (Å²) in [5, 5.41) is 0. The fourth-order valence-electron chi connectivity index (χ4n) is 3.68. The van der Waals surface area contributed by atoms with E-state index in [1.54, 1.807) is 0 Å². The third kappa shape index (κ3) is 2.42. The van der Waals surface area contributed by atoms with Crippen LogP contribution < -0.4 is 4.74 Å². The summed E-state index contributed by atoms with van der Waals surface area (Å²) < 4.78 is 10.9. The summed E-state index contributed by atoms with van der Waals surface area (Å²) in [6, 6.07) is 6.54. The SMILES string of the molecule is O=C(C1CCOC1)N1CCC(c2ccc3c(c2)CCO3)C1. The van der Waals surface area contributed by atoms with Crippen molar-refractivity contribution < 1.29 is 14.3 Å². The minimum absolute atomic E-state index is 0.0946. The van der Waals surface area contributed by atoms with Gasteiger partial charge in [-0.15, -0.1) is 0 Å². The molecule has 0 bridgehead atoms. The Morgan fingerprint density at radius 2 is 2.19 bits per heavy atom. The van der Waals surface area contributed by atoms with Gasteiger partial charge in [-0.1, -0.05) is 12.1 Å². The summed E-state index contributed by atoms with van der Waals surface area (Å²) in [7, 11) is 0. The van der Waals surface area contributed by atoms with Crippen molar-refractivity contribution in [2.75, 3.05) is 32.9 Å². The van der Waals surface area contributed by atoms with Crippen LogP contribution in [0.2, 0.25) is 0 Å². The van der Waals surface area contributed by atoms with Gasteiger partial charge in [-0.2, -0.15) is 0 Å². The van der Waals surface area contributed by atoms with Crippen LogP contribution in [0.5, 0.6) is 5.75 Å². The molecule has 3 aliphatic rings. The highest BCUT2D eigenvalue weighted by Gasteiger charge is 2.33. The second-order valence-electron chi connectivity index (χ2n) is 6.30. The predicted molar refractivity (Wildman–Crippen MR) is 78.5 cm³/mol. The monoisotopic (exact) mass is 287 g/mol. The quantitative estimate of drug-likeness (QED) is 0.835. The first-order valence-corrected chi connectivity index (χ1v) is 7.93. The zero-order valence-corrected chi connectivity index (χ0v) is 12.2. The van der Waals surface area contributed by atoms with Crippen LogP contribution in [0.1, 0.15) is 29.9 Å². The lowest BCUT2D eigenvalue weighted by Crippen LogP contribution is -2.34. The van der Waals surface area contributed by atoms with E-state index in [0.29, 0.717) is 18.4 Å². The van der Waals surface area contributed by atoms with Gasteiger partial charge in [-0.25, -0.2) is 0 Å². The molecule has 1 amide bonds. The summed E-state index contributed by atoms with van der Waals surface area (Å²) in [6.07, 6.45) is 2.97. The number of likely N-dealkylation sites (tertiary alicyclic amines) is 1. The fraction of sp³-hybridized carbons (Fsp3) is 0.588. The summed E-state index contributed by atoms with van der Waals surface area (Å²) in [4.78, 5) is 14.5. The number of carbonyl (C=O) groups is 1. The zero-order chi connectivity index (χ0) is 14.2. The Balaban J connectivity index is 1.45. The van der Waals surface area contributed by atoms with Crippen molar-refractivity contribution in [1.82, 2.24) is 4.90 Å². The number of ether oxygens (including phenoxy) is 2. The minimum Gasteiger partial charge on any atom is -0.493 e. The molecule has 0 aliphatic carbocycles. The van der Waals surface area contributed by atoms with Gasteiger partial charge in [0.15, 0.2) is 0 Å². The molecule has 2 unspecified atom stereocenters. The van der Waals surface area contributed by atoms with Crippen molar-refractivity contribution in [3.05, 3.63) is 29.3 Å². The highest BCUT2D eigenvalue weighted by molar-refractivity contribution is 5.79. The minimum atomic E-state index is 0.0946. The number of amides is 1. The van der Waals surface area contributed by atoms with Crippen LogP contribution in [0.3, 0.4) is 0 Å². The van der Waals surface area contributed by atoms with Crippen LogP contribution in [0.25, 0.3) is 0 Å². The molecule has 21 heavy (non-hydrogen) atoms. The van der Waals surface area contributed by atoms with E-state index in [9.17, 15) is 4.79 Å². The molecule has 2 fully saturated rings. The van der Waals surface area contributed by atoms with Gasteiger partial charge in [0, 0.05) is 32.0 Å². The third-order valence-corrected chi connectivity index (χ3v) is 4.96. The molecule has 1 aromatic rings. The average Bonchev–Trinajstić information content (AvgIpc) is 3.25. The molecule has 2 saturated heterocycles. The van der Waals surface area contributed by atoms with Crippen LogP contribution in [-0.2, 0) is 16.0 Å². The first kappa shape index (κ1) is 13.1. The van der Waals surface area contributed by atoms with E-state index in [2.05, 4.69) is 18.2 Å². The van der Waals surface area contributed by atoms with Crippen LogP contribution >= 0.6 is 0 Å². The van der Waals surface area contributed by atoms with E-state index < -0.39 is 0 Å². The first-order chi connectivity index (χ1) is 10.3. The first-order valence-electron chi connectivity index (χ1n) is 7.93. The molecule has 2 atom stereocenters. The van der Waals surface area contributed by atoms with E-state index in [-0.39, 0.29) is 5.92 Å². The zero-order valence-electron chi connectivity index (χ0n) is 12.2. The van der Waals surface area contributed by atoms with Gasteiger partial charge >= 0.3 is 0 Å². The molecule has 0 aromatic heterocycles. The van der Waals surface area contributed by atoms with Gasteiger partial charge in [-0.05, 0) is 30.0 Å². The van der Waals surface area contributed by atoms with Crippen LogP contribution in [0.4, 0.5) is 0 Å². The number of nitrogens with zero attached hydrogens (tertiary/aromatic N) is 1. The third-order valence-electron chi connectivity index (χ3n) is 4.96. The summed E-state index contributed by atoms with van der Waals surface area (Å²) in [5.74, 6) is 1.90. The molecule has 0 spiro atoms. The van der Waals surface area contributed by atoms with Gasteiger partial charge in [0.05, 0.1) is 19.1 Å². The normalized spacial score (nSPS) is 27.7. The Morgan fingerprint density at radius 3 is 3.05 bits per heavy atom. The van der Waals surface area contributed by atoms with Gasteiger partial charge in [0.2, 0.25) is 5.91 Å². The molecule has 4 nitrogen and oxygen atoms in total. The second-order valence-corrected chi connectivity index (χ2v) is 6.30. The molecule has 3 heterocycles. The summed E-state index contributed by atoms with van der Waals surface area (Å²) in [6.45, 7) is 3.88. The van der Waals surface area contributed by atoms with Gasteiger partial charge in [-0.3, -0.25) is 4.79 Å². The van der Waals surface area contributed by atoms with E-state index in [0.717, 1.165) is 51.3 Å². The predicted octanol–water partition coefficient (Wildman–Crippen LogP) is 1.97. The number of fused-ring (bicyclic) bond motifs is 1. The van der Waals surface area contributed by atoms with Gasteiger partial charge < -0.3 is 14.4 Å². The molecular formula is C17H21NO3. The van der Waals surface area contributed by atoms with E-state index in [1.165, 1.54) is 11.1 Å². The number of benzene rings is 1. The molecule has 3 aliphatic heterocycles. The van der Waals surface area contributed by atoms with Crippen molar-refractivity contribution >= 4 is 5.91 Å². The standard InChI is InChI=1S/C17H21NO3/c19-17(15-4-7-20-11-15)18-6-3-14(10-18)12-1-2-16-13(9-12)5-8-21-16/h1-2,9,14-15H,3-8,10-11H2. The summed E-state index contributed by atoms with van der Waals surface area (Å²) in [5.41, 5.74) is 2.68. The van der Waals surface area contributed by atoms with Crippen molar-refractivity contribution in [3.8, 4) is 5.75 Å². The second kappa shape index (κ2) is 5.34. The molecular weight excluding hydrogens is 266 g/mol. The van der Waals surface area contributed by atoms with Crippen molar-refractivity contribution in [2.24, 2.45) is 5.92 Å². The topological polar surface area (TPSA) is 38.8 Å². The maximum atomic E-state index is 12.4.